The Morgan fingerprint density at radius 1 is 0.966 bits per heavy atom. The fraction of sp³-hybridized carbons (Fsp3) is 0.188. The lowest BCUT2D eigenvalue weighted by Crippen LogP contribution is -2.09. The van der Waals surface area contributed by atoms with E-state index in [1.54, 1.807) is 0 Å². The molecule has 0 saturated heterocycles. The van der Waals surface area contributed by atoms with Crippen LogP contribution in [0.15, 0.2) is 46.2 Å². The predicted octanol–water partition coefficient (Wildman–Crippen LogP) is 4.54. The predicted molar refractivity (Wildman–Crippen MR) is 86.8 cm³/mol. The van der Waals surface area contributed by atoms with Crippen molar-refractivity contribution in [3.05, 3.63) is 53.7 Å². The fourth-order valence-electron chi connectivity index (χ4n) is 2.04. The Morgan fingerprint density at radius 2 is 1.66 bits per heavy atom. The van der Waals surface area contributed by atoms with Gasteiger partial charge in [0.1, 0.15) is 5.69 Å². The van der Waals surface area contributed by atoms with Crippen LogP contribution in [0.5, 0.6) is 0 Å². The molecule has 2 heterocycles. The number of hydrogen-bond donors (Lipinski definition) is 0. The number of aromatic nitrogens is 4. The van der Waals surface area contributed by atoms with Gasteiger partial charge in [-0.15, -0.1) is 0 Å². The Bertz CT molecular complexity index is 1020. The summed E-state index contributed by atoms with van der Waals surface area (Å²) in [6, 6.07) is 6.02. The number of nitrogens with zero attached hydrogens (tertiary/aromatic N) is 4. The quantitative estimate of drug-likeness (QED) is 0.252. The van der Waals surface area contributed by atoms with Crippen LogP contribution in [0.25, 0.3) is 11.4 Å². The highest BCUT2D eigenvalue weighted by Crippen LogP contribution is 2.30. The van der Waals surface area contributed by atoms with Gasteiger partial charge in [-0.2, -0.15) is 31.3 Å². The minimum absolute atomic E-state index is 0.188. The third-order valence-corrected chi connectivity index (χ3v) is 4.25. The zero-order chi connectivity index (χ0) is 21.2. The molecule has 0 atom stereocenters. The first-order valence-corrected chi connectivity index (χ1v) is 8.60. The van der Waals surface area contributed by atoms with E-state index in [4.69, 9.17) is 0 Å². The first-order valence-electron chi connectivity index (χ1n) is 7.61. The Kier molecular flexibility index (Phi) is 5.59. The Balaban J connectivity index is 1.66. The zero-order valence-corrected chi connectivity index (χ0v) is 14.8. The summed E-state index contributed by atoms with van der Waals surface area (Å²) in [6.07, 6.45) is -8.46. The van der Waals surface area contributed by atoms with E-state index in [0.717, 1.165) is 18.0 Å². The van der Waals surface area contributed by atoms with E-state index < -0.39 is 29.7 Å². The normalized spacial score (nSPS) is 12.2. The molecule has 0 bridgehead atoms. The van der Waals surface area contributed by atoms with Gasteiger partial charge in [0.15, 0.2) is 10.9 Å². The van der Waals surface area contributed by atoms with Gasteiger partial charge >= 0.3 is 18.2 Å². The molecule has 6 nitrogen and oxygen atoms in total. The molecule has 0 aliphatic rings. The Hall–Kier alpha value is -2.96. The van der Waals surface area contributed by atoms with Crippen molar-refractivity contribution in [3.63, 3.8) is 0 Å². The minimum Gasteiger partial charge on any atom is -0.329 e. The molecular weight excluding hydrogens is 426 g/mol. The van der Waals surface area contributed by atoms with Crippen molar-refractivity contribution in [2.24, 2.45) is 0 Å². The van der Waals surface area contributed by atoms with Crippen LogP contribution in [0, 0.1) is 0 Å². The van der Waals surface area contributed by atoms with E-state index in [0.29, 0.717) is 6.07 Å². The molecular formula is C16H8F6N4O2S. The molecule has 152 valence electrons. The van der Waals surface area contributed by atoms with Gasteiger partial charge in [-0.3, -0.25) is 4.79 Å². The van der Waals surface area contributed by atoms with Gasteiger partial charge in [0.05, 0.1) is 5.75 Å². The Morgan fingerprint density at radius 3 is 2.24 bits per heavy atom. The van der Waals surface area contributed by atoms with Crippen molar-refractivity contribution < 1.29 is 35.7 Å². The number of Topliss-reactive ketones (excluding diaryl/α,β-unsaturated/α-hetero) is 1. The summed E-state index contributed by atoms with van der Waals surface area (Å²) in [5, 5.41) is 3.02. The average Bonchev–Trinajstić information content (AvgIpc) is 3.16. The van der Waals surface area contributed by atoms with Crippen LogP contribution in [0.3, 0.4) is 0 Å². The second-order valence-corrected chi connectivity index (χ2v) is 6.37. The van der Waals surface area contributed by atoms with Crippen LogP contribution < -0.4 is 0 Å². The van der Waals surface area contributed by atoms with E-state index in [-0.39, 0.29) is 27.9 Å². The van der Waals surface area contributed by atoms with Crippen molar-refractivity contribution in [1.29, 1.82) is 0 Å². The molecule has 0 fully saturated rings. The number of carbonyl (C=O) groups excluding carboxylic acids is 1. The van der Waals surface area contributed by atoms with Crippen LogP contribution in [0.1, 0.15) is 21.9 Å². The first-order chi connectivity index (χ1) is 13.5. The van der Waals surface area contributed by atoms with Gasteiger partial charge in [0.2, 0.25) is 5.82 Å². The van der Waals surface area contributed by atoms with Crippen molar-refractivity contribution in [1.82, 2.24) is 20.1 Å². The number of alkyl halides is 6. The fourth-order valence-corrected chi connectivity index (χ4v) is 2.77. The number of rotatable bonds is 5. The molecule has 0 saturated carbocycles. The van der Waals surface area contributed by atoms with Crippen LogP contribution >= 0.6 is 11.8 Å². The number of benzene rings is 1. The zero-order valence-electron chi connectivity index (χ0n) is 14.0. The molecule has 0 radical (unpaired) electrons. The molecule has 0 N–H and O–H groups in total. The summed E-state index contributed by atoms with van der Waals surface area (Å²) in [7, 11) is 0. The molecule has 0 spiro atoms. The molecule has 3 aromatic rings. The summed E-state index contributed by atoms with van der Waals surface area (Å²) in [5.41, 5.74) is -0.743. The van der Waals surface area contributed by atoms with Gasteiger partial charge in [-0.05, 0) is 6.07 Å². The number of carbonyl (C=O) groups is 1. The lowest BCUT2D eigenvalue weighted by Gasteiger charge is -2.06. The number of halogens is 6. The lowest BCUT2D eigenvalue weighted by molar-refractivity contribution is -0.159. The van der Waals surface area contributed by atoms with E-state index in [1.165, 1.54) is 24.3 Å². The van der Waals surface area contributed by atoms with Gasteiger partial charge in [0, 0.05) is 17.3 Å². The standard InChI is InChI=1S/C16H8F6N4O2S/c17-15(18,19)11-5-6-23-14(24-11)29-7-10(27)8-1-3-9(4-2-8)12-25-13(28-26-12)16(20,21)22/h1-6H,7H2. The maximum atomic E-state index is 12.6. The number of thioether (sulfide) groups is 1. The highest BCUT2D eigenvalue weighted by atomic mass is 32.2. The first kappa shape index (κ1) is 20.8. The van der Waals surface area contributed by atoms with Crippen LogP contribution in [0.2, 0.25) is 0 Å². The van der Waals surface area contributed by atoms with Gasteiger partial charge in [0.25, 0.3) is 0 Å². The largest absolute Gasteiger partial charge is 0.471 e. The van der Waals surface area contributed by atoms with Crippen molar-refractivity contribution in [3.8, 4) is 11.4 Å². The molecule has 13 heteroatoms. The molecule has 29 heavy (non-hydrogen) atoms. The molecule has 0 unspecified atom stereocenters. The molecule has 0 aliphatic carbocycles. The minimum atomic E-state index is -4.77. The number of ketones is 1. The third-order valence-electron chi connectivity index (χ3n) is 3.39. The van der Waals surface area contributed by atoms with Gasteiger partial charge in [-0.1, -0.05) is 41.2 Å². The summed E-state index contributed by atoms with van der Waals surface area (Å²) < 4.78 is 79.5. The second-order valence-electron chi connectivity index (χ2n) is 5.43. The SMILES string of the molecule is O=C(CSc1nccc(C(F)(F)F)n1)c1ccc(-c2noc(C(F)(F)F)n2)cc1. The van der Waals surface area contributed by atoms with Crippen molar-refractivity contribution in [2.45, 2.75) is 17.5 Å². The number of hydrogen-bond acceptors (Lipinski definition) is 7. The average molecular weight is 434 g/mol. The molecule has 2 aromatic heterocycles. The highest BCUT2D eigenvalue weighted by Gasteiger charge is 2.38. The Labute approximate surface area is 162 Å². The topological polar surface area (TPSA) is 81.8 Å². The summed E-state index contributed by atoms with van der Waals surface area (Å²) in [4.78, 5) is 22.4. The smallest absolute Gasteiger partial charge is 0.329 e. The van der Waals surface area contributed by atoms with E-state index in [1.807, 2.05) is 0 Å². The highest BCUT2D eigenvalue weighted by molar-refractivity contribution is 7.99. The molecule has 1 aromatic carbocycles. The second kappa shape index (κ2) is 7.81. The summed E-state index contributed by atoms with van der Waals surface area (Å²) in [5.74, 6) is -2.47. The molecule has 0 amide bonds. The van der Waals surface area contributed by atoms with E-state index in [2.05, 4.69) is 24.6 Å². The molecule has 0 aliphatic heterocycles. The maximum absolute atomic E-state index is 12.6. The van der Waals surface area contributed by atoms with Crippen LogP contribution in [-0.2, 0) is 12.4 Å². The van der Waals surface area contributed by atoms with Crippen LogP contribution in [-0.4, -0.2) is 31.6 Å². The summed E-state index contributed by atoms with van der Waals surface area (Å²) >= 11 is 0.724. The van der Waals surface area contributed by atoms with E-state index >= 15 is 0 Å². The third kappa shape index (κ3) is 5.10. The molecule has 3 rings (SSSR count). The van der Waals surface area contributed by atoms with Crippen molar-refractivity contribution in [2.75, 3.05) is 5.75 Å². The summed E-state index contributed by atoms with van der Waals surface area (Å²) in [6.45, 7) is 0. The lowest BCUT2D eigenvalue weighted by atomic mass is 10.1. The van der Waals surface area contributed by atoms with Gasteiger partial charge in [-0.25, -0.2) is 9.97 Å². The van der Waals surface area contributed by atoms with E-state index in [9.17, 15) is 31.1 Å². The van der Waals surface area contributed by atoms with Crippen molar-refractivity contribution >= 4 is 17.5 Å². The maximum Gasteiger partial charge on any atom is 0.471 e. The van der Waals surface area contributed by atoms with Crippen LogP contribution in [0.4, 0.5) is 26.3 Å². The van der Waals surface area contributed by atoms with Gasteiger partial charge < -0.3 is 4.52 Å². The monoisotopic (exact) mass is 434 g/mol.